The van der Waals surface area contributed by atoms with Crippen molar-refractivity contribution in [1.29, 1.82) is 0 Å². The van der Waals surface area contributed by atoms with Crippen molar-refractivity contribution in [3.63, 3.8) is 0 Å². The molecule has 4 rings (SSSR count). The fourth-order valence-corrected chi connectivity index (χ4v) is 2.71. The van der Waals surface area contributed by atoms with Gasteiger partial charge in [0.25, 0.3) is 5.56 Å². The Balaban J connectivity index is 1.48. The lowest BCUT2D eigenvalue weighted by Gasteiger charge is -2.07. The molecule has 2 aromatic heterocycles. The van der Waals surface area contributed by atoms with Gasteiger partial charge in [0.1, 0.15) is 6.61 Å². The predicted molar refractivity (Wildman–Crippen MR) is 97.3 cm³/mol. The molecule has 4 aromatic rings. The van der Waals surface area contributed by atoms with Gasteiger partial charge in [-0.1, -0.05) is 18.2 Å². The van der Waals surface area contributed by atoms with Crippen molar-refractivity contribution in [2.24, 2.45) is 0 Å². The van der Waals surface area contributed by atoms with E-state index in [9.17, 15) is 9.59 Å². The van der Waals surface area contributed by atoms with Crippen molar-refractivity contribution >= 4 is 16.9 Å². The van der Waals surface area contributed by atoms with Crippen molar-refractivity contribution in [3.8, 4) is 5.69 Å². The lowest BCUT2D eigenvalue weighted by Crippen LogP contribution is -2.15. The molecule has 0 saturated heterocycles. The molecule has 2 heterocycles. The van der Waals surface area contributed by atoms with Crippen LogP contribution in [0.1, 0.15) is 15.9 Å². The zero-order chi connectivity index (χ0) is 17.9. The molecule has 0 aliphatic rings. The number of aromatic amines is 1. The lowest BCUT2D eigenvalue weighted by atomic mass is 10.1. The zero-order valence-electron chi connectivity index (χ0n) is 13.8. The summed E-state index contributed by atoms with van der Waals surface area (Å²) in [7, 11) is 0. The highest BCUT2D eigenvalue weighted by Gasteiger charge is 2.10. The number of pyridine rings is 1. The molecule has 0 fully saturated rings. The van der Waals surface area contributed by atoms with Crippen molar-refractivity contribution in [3.05, 3.63) is 94.8 Å². The molecular weight excluding hydrogens is 330 g/mol. The maximum Gasteiger partial charge on any atom is 0.338 e. The minimum atomic E-state index is -0.477. The Labute approximate surface area is 148 Å². The number of nitrogens with one attached hydrogen (secondary N) is 1. The van der Waals surface area contributed by atoms with Gasteiger partial charge in [-0.25, -0.2) is 9.78 Å². The van der Waals surface area contributed by atoms with Crippen LogP contribution in [0, 0.1) is 0 Å². The summed E-state index contributed by atoms with van der Waals surface area (Å²) in [5.74, 6) is -0.477. The molecule has 0 radical (unpaired) electrons. The van der Waals surface area contributed by atoms with Crippen LogP contribution in [0.5, 0.6) is 0 Å². The SMILES string of the molecule is O=C(OCc1cc2ccccc2[nH]c1=O)c1ccc(-n2ccnc2)cc1. The first-order chi connectivity index (χ1) is 12.7. The molecule has 0 aliphatic carbocycles. The number of imidazole rings is 1. The standard InChI is InChI=1S/C20H15N3O3/c24-19-16(11-15-3-1-2-4-18(15)22-19)12-26-20(25)14-5-7-17(8-6-14)23-10-9-21-13-23/h1-11,13H,12H2,(H,22,24). The van der Waals surface area contributed by atoms with Crippen molar-refractivity contribution in [2.75, 3.05) is 0 Å². The second-order valence-electron chi connectivity index (χ2n) is 5.80. The summed E-state index contributed by atoms with van der Waals surface area (Å²) >= 11 is 0. The zero-order valence-corrected chi connectivity index (χ0v) is 13.8. The maximum absolute atomic E-state index is 12.2. The second kappa shape index (κ2) is 6.68. The van der Waals surface area contributed by atoms with E-state index >= 15 is 0 Å². The fraction of sp³-hybridized carbons (Fsp3) is 0.0500. The predicted octanol–water partition coefficient (Wildman–Crippen LogP) is 3.07. The molecule has 128 valence electrons. The second-order valence-corrected chi connectivity index (χ2v) is 5.80. The van der Waals surface area contributed by atoms with Crippen LogP contribution in [0.2, 0.25) is 0 Å². The fourth-order valence-electron chi connectivity index (χ4n) is 2.71. The normalized spacial score (nSPS) is 10.8. The molecule has 6 nitrogen and oxygen atoms in total. The number of carbonyl (C=O) groups is 1. The molecule has 0 bridgehead atoms. The Morgan fingerprint density at radius 3 is 2.69 bits per heavy atom. The molecule has 2 aromatic carbocycles. The Morgan fingerprint density at radius 2 is 1.92 bits per heavy atom. The average Bonchev–Trinajstić information content (AvgIpc) is 3.21. The molecule has 0 spiro atoms. The quantitative estimate of drug-likeness (QED) is 0.577. The van der Waals surface area contributed by atoms with Gasteiger partial charge in [-0.2, -0.15) is 0 Å². The number of rotatable bonds is 4. The highest BCUT2D eigenvalue weighted by Crippen LogP contribution is 2.13. The summed E-state index contributed by atoms with van der Waals surface area (Å²) in [6.45, 7) is -0.0811. The Hall–Kier alpha value is -3.67. The largest absolute Gasteiger partial charge is 0.457 e. The summed E-state index contributed by atoms with van der Waals surface area (Å²) in [5.41, 5.74) is 2.22. The van der Waals surface area contributed by atoms with E-state index in [0.29, 0.717) is 11.1 Å². The van der Waals surface area contributed by atoms with Crippen LogP contribution in [0.15, 0.2) is 78.1 Å². The maximum atomic E-state index is 12.2. The molecular formula is C20H15N3O3. The molecule has 0 saturated carbocycles. The van der Waals surface area contributed by atoms with Gasteiger partial charge in [0.05, 0.1) is 17.5 Å². The number of fused-ring (bicyclic) bond motifs is 1. The van der Waals surface area contributed by atoms with Gasteiger partial charge in [-0.05, 0) is 41.8 Å². The number of nitrogens with zero attached hydrogens (tertiary/aromatic N) is 2. The number of H-pyrrole nitrogens is 1. The summed E-state index contributed by atoms with van der Waals surface area (Å²) in [6.07, 6.45) is 5.18. The number of benzene rings is 2. The topological polar surface area (TPSA) is 77.0 Å². The van der Waals surface area contributed by atoms with Crippen LogP contribution in [-0.2, 0) is 11.3 Å². The average molecular weight is 345 g/mol. The van der Waals surface area contributed by atoms with Gasteiger partial charge in [-0.15, -0.1) is 0 Å². The van der Waals surface area contributed by atoms with Crippen molar-refractivity contribution in [2.45, 2.75) is 6.61 Å². The van der Waals surface area contributed by atoms with Gasteiger partial charge in [0.2, 0.25) is 0 Å². The monoisotopic (exact) mass is 345 g/mol. The van der Waals surface area contributed by atoms with E-state index in [1.807, 2.05) is 35.0 Å². The number of carbonyl (C=O) groups excluding carboxylic acids is 1. The van der Waals surface area contributed by atoms with E-state index < -0.39 is 5.97 Å². The highest BCUT2D eigenvalue weighted by molar-refractivity contribution is 5.89. The number of aromatic nitrogens is 3. The minimum absolute atomic E-state index is 0.0811. The van der Waals surface area contributed by atoms with Crippen molar-refractivity contribution in [1.82, 2.24) is 14.5 Å². The van der Waals surface area contributed by atoms with Crippen LogP contribution < -0.4 is 5.56 Å². The summed E-state index contributed by atoms with van der Waals surface area (Å²) in [5, 5.41) is 0.892. The van der Waals surface area contributed by atoms with Crippen LogP contribution in [-0.4, -0.2) is 20.5 Å². The first kappa shape index (κ1) is 15.8. The summed E-state index contributed by atoms with van der Waals surface area (Å²) < 4.78 is 7.13. The molecule has 0 atom stereocenters. The number of esters is 1. The third-order valence-electron chi connectivity index (χ3n) is 4.09. The number of ether oxygens (including phenoxy) is 1. The van der Waals surface area contributed by atoms with E-state index in [0.717, 1.165) is 16.6 Å². The third-order valence-corrected chi connectivity index (χ3v) is 4.09. The van der Waals surface area contributed by atoms with Crippen LogP contribution >= 0.6 is 0 Å². The van der Waals surface area contributed by atoms with Gasteiger partial charge in [0.15, 0.2) is 0 Å². The minimum Gasteiger partial charge on any atom is -0.457 e. The van der Waals surface area contributed by atoms with Gasteiger partial charge >= 0.3 is 5.97 Å². The van der Waals surface area contributed by atoms with Gasteiger partial charge < -0.3 is 14.3 Å². The van der Waals surface area contributed by atoms with Crippen molar-refractivity contribution < 1.29 is 9.53 Å². The summed E-state index contributed by atoms with van der Waals surface area (Å²) in [6, 6.07) is 16.2. The molecule has 1 N–H and O–H groups in total. The molecule has 0 amide bonds. The first-order valence-electron chi connectivity index (χ1n) is 8.07. The third kappa shape index (κ3) is 3.12. The first-order valence-corrected chi connectivity index (χ1v) is 8.07. The van der Waals surface area contributed by atoms with E-state index in [2.05, 4.69) is 9.97 Å². The van der Waals surface area contributed by atoms with Crippen LogP contribution in [0.25, 0.3) is 16.6 Å². The Kier molecular flexibility index (Phi) is 4.07. The van der Waals surface area contributed by atoms with Gasteiger partial charge in [-0.3, -0.25) is 4.79 Å². The van der Waals surface area contributed by atoms with Crippen LogP contribution in [0.3, 0.4) is 0 Å². The number of hydrogen-bond donors (Lipinski definition) is 1. The van der Waals surface area contributed by atoms with Gasteiger partial charge in [0, 0.05) is 23.6 Å². The highest BCUT2D eigenvalue weighted by atomic mass is 16.5. The Morgan fingerprint density at radius 1 is 1.12 bits per heavy atom. The van der Waals surface area contributed by atoms with E-state index in [-0.39, 0.29) is 12.2 Å². The molecule has 6 heteroatoms. The molecule has 26 heavy (non-hydrogen) atoms. The van der Waals surface area contributed by atoms with E-state index in [4.69, 9.17) is 4.74 Å². The lowest BCUT2D eigenvalue weighted by molar-refractivity contribution is 0.0471. The molecule has 0 unspecified atom stereocenters. The molecule has 0 aliphatic heterocycles. The smallest absolute Gasteiger partial charge is 0.338 e. The Bertz CT molecular complexity index is 1110. The van der Waals surface area contributed by atoms with Crippen LogP contribution in [0.4, 0.5) is 0 Å². The number of hydrogen-bond acceptors (Lipinski definition) is 4. The summed E-state index contributed by atoms with van der Waals surface area (Å²) in [4.78, 5) is 31.1. The number of para-hydroxylation sites is 1. The van der Waals surface area contributed by atoms with E-state index in [1.165, 1.54) is 0 Å². The van der Waals surface area contributed by atoms with E-state index in [1.54, 1.807) is 42.9 Å².